The molecule has 3 aromatic rings. The summed E-state index contributed by atoms with van der Waals surface area (Å²) in [5, 5.41) is 7.82. The SMILES string of the molecule is CC(=O)Nc1ccc(S(=O)(=O)N2CCC[C@H]2C(=O)Nc2ccc3c4c(cccc24)CC3)cc1. The van der Waals surface area contributed by atoms with Crippen LogP contribution in [0.1, 0.15) is 30.9 Å². The molecule has 0 spiro atoms. The van der Waals surface area contributed by atoms with Crippen LogP contribution >= 0.6 is 0 Å². The highest BCUT2D eigenvalue weighted by atomic mass is 32.2. The molecular formula is C25H25N3O4S. The van der Waals surface area contributed by atoms with Crippen molar-refractivity contribution in [3.63, 3.8) is 0 Å². The molecule has 1 saturated heterocycles. The van der Waals surface area contributed by atoms with Gasteiger partial charge in [0.1, 0.15) is 6.04 Å². The van der Waals surface area contributed by atoms with E-state index < -0.39 is 16.1 Å². The number of sulfonamides is 1. The van der Waals surface area contributed by atoms with Gasteiger partial charge in [-0.05, 0) is 72.5 Å². The van der Waals surface area contributed by atoms with E-state index in [0.717, 1.165) is 18.2 Å². The first-order valence-corrected chi connectivity index (χ1v) is 12.5. The maximum Gasteiger partial charge on any atom is 0.243 e. The van der Waals surface area contributed by atoms with Gasteiger partial charge in [-0.1, -0.05) is 24.3 Å². The molecule has 170 valence electrons. The van der Waals surface area contributed by atoms with Crippen LogP contribution in [0.15, 0.2) is 59.5 Å². The minimum atomic E-state index is -3.86. The molecule has 0 unspecified atom stereocenters. The van der Waals surface area contributed by atoms with Crippen molar-refractivity contribution in [3.8, 4) is 0 Å². The van der Waals surface area contributed by atoms with Crippen molar-refractivity contribution < 1.29 is 18.0 Å². The monoisotopic (exact) mass is 463 g/mol. The van der Waals surface area contributed by atoms with Crippen molar-refractivity contribution in [3.05, 3.63) is 65.7 Å². The van der Waals surface area contributed by atoms with Crippen molar-refractivity contribution in [2.75, 3.05) is 17.2 Å². The molecule has 0 bridgehead atoms. The summed E-state index contributed by atoms with van der Waals surface area (Å²) in [4.78, 5) is 24.6. The second-order valence-electron chi connectivity index (χ2n) is 8.58. The summed E-state index contributed by atoms with van der Waals surface area (Å²) in [7, 11) is -3.86. The zero-order chi connectivity index (χ0) is 23.2. The van der Waals surface area contributed by atoms with Crippen LogP contribution in [-0.4, -0.2) is 37.1 Å². The largest absolute Gasteiger partial charge is 0.326 e. The molecule has 8 heteroatoms. The molecule has 2 aliphatic rings. The van der Waals surface area contributed by atoms with Gasteiger partial charge in [0.2, 0.25) is 21.8 Å². The number of nitrogens with one attached hydrogen (secondary N) is 2. The first kappa shape index (κ1) is 21.6. The van der Waals surface area contributed by atoms with Gasteiger partial charge in [0, 0.05) is 30.2 Å². The quantitative estimate of drug-likeness (QED) is 0.603. The number of aryl methyl sites for hydroxylation is 2. The summed E-state index contributed by atoms with van der Waals surface area (Å²) in [6.07, 6.45) is 3.08. The zero-order valence-corrected chi connectivity index (χ0v) is 19.1. The van der Waals surface area contributed by atoms with E-state index in [2.05, 4.69) is 16.7 Å². The van der Waals surface area contributed by atoms with Crippen molar-refractivity contribution in [2.45, 2.75) is 43.5 Å². The summed E-state index contributed by atoms with van der Waals surface area (Å²) in [5.41, 5.74) is 3.80. The Bertz CT molecular complexity index is 1360. The van der Waals surface area contributed by atoms with Crippen molar-refractivity contribution in [2.24, 2.45) is 0 Å². The van der Waals surface area contributed by atoms with E-state index in [4.69, 9.17) is 0 Å². The number of anilines is 2. The Balaban J connectivity index is 1.39. The predicted octanol–water partition coefficient (Wildman–Crippen LogP) is 3.69. The minimum absolute atomic E-state index is 0.0987. The molecule has 0 saturated carbocycles. The normalized spacial score (nSPS) is 17.9. The number of nitrogens with zero attached hydrogens (tertiary/aromatic N) is 1. The molecule has 2 amide bonds. The van der Waals surface area contributed by atoms with E-state index in [-0.39, 0.29) is 23.3 Å². The molecule has 1 atom stereocenters. The van der Waals surface area contributed by atoms with Gasteiger partial charge < -0.3 is 10.6 Å². The lowest BCUT2D eigenvalue weighted by atomic mass is 10.0. The average molecular weight is 464 g/mol. The van der Waals surface area contributed by atoms with Crippen molar-refractivity contribution in [1.82, 2.24) is 4.31 Å². The number of benzene rings is 3. The maximum absolute atomic E-state index is 13.3. The van der Waals surface area contributed by atoms with Crippen LogP contribution in [0.5, 0.6) is 0 Å². The molecule has 5 rings (SSSR count). The Labute approximate surface area is 192 Å². The van der Waals surface area contributed by atoms with Crippen LogP contribution in [0, 0.1) is 0 Å². The number of carbonyl (C=O) groups excluding carboxylic acids is 2. The van der Waals surface area contributed by atoms with Gasteiger partial charge >= 0.3 is 0 Å². The Morgan fingerprint density at radius 2 is 1.67 bits per heavy atom. The lowest BCUT2D eigenvalue weighted by Crippen LogP contribution is -2.43. The molecule has 2 N–H and O–H groups in total. The van der Waals surface area contributed by atoms with E-state index in [1.165, 1.54) is 39.9 Å². The average Bonchev–Trinajstić information content (AvgIpc) is 3.45. The third-order valence-electron chi connectivity index (χ3n) is 6.42. The van der Waals surface area contributed by atoms with E-state index in [0.29, 0.717) is 24.2 Å². The molecule has 33 heavy (non-hydrogen) atoms. The molecular weight excluding hydrogens is 438 g/mol. The predicted molar refractivity (Wildman–Crippen MR) is 128 cm³/mol. The number of rotatable bonds is 5. The lowest BCUT2D eigenvalue weighted by molar-refractivity contribution is -0.119. The van der Waals surface area contributed by atoms with Crippen LogP contribution in [0.25, 0.3) is 10.8 Å². The molecule has 0 radical (unpaired) electrons. The number of hydrogen-bond acceptors (Lipinski definition) is 4. The summed E-state index contributed by atoms with van der Waals surface area (Å²) in [6.45, 7) is 1.68. The lowest BCUT2D eigenvalue weighted by Gasteiger charge is -2.24. The van der Waals surface area contributed by atoms with Crippen LogP contribution in [0.2, 0.25) is 0 Å². The van der Waals surface area contributed by atoms with Gasteiger partial charge in [-0.3, -0.25) is 9.59 Å². The summed E-state index contributed by atoms with van der Waals surface area (Å²) >= 11 is 0. The Kier molecular flexibility index (Phi) is 5.42. The molecule has 1 aliphatic carbocycles. The second kappa shape index (κ2) is 8.28. The highest BCUT2D eigenvalue weighted by molar-refractivity contribution is 7.89. The second-order valence-corrected chi connectivity index (χ2v) is 10.5. The van der Waals surface area contributed by atoms with E-state index >= 15 is 0 Å². The van der Waals surface area contributed by atoms with Crippen molar-refractivity contribution in [1.29, 1.82) is 0 Å². The van der Waals surface area contributed by atoms with E-state index in [9.17, 15) is 18.0 Å². The highest BCUT2D eigenvalue weighted by Crippen LogP contribution is 2.35. The van der Waals surface area contributed by atoms with Gasteiger partial charge in [0.25, 0.3) is 0 Å². The van der Waals surface area contributed by atoms with Crippen LogP contribution in [0.4, 0.5) is 11.4 Å². The smallest absolute Gasteiger partial charge is 0.243 e. The van der Waals surface area contributed by atoms with Gasteiger partial charge in [0.15, 0.2) is 0 Å². The molecule has 1 fully saturated rings. The molecule has 0 aromatic heterocycles. The number of carbonyl (C=O) groups is 2. The molecule has 1 aliphatic heterocycles. The maximum atomic E-state index is 13.3. The first-order chi connectivity index (χ1) is 15.8. The summed E-state index contributed by atoms with van der Waals surface area (Å²) in [5.74, 6) is -0.547. The van der Waals surface area contributed by atoms with Crippen molar-refractivity contribution >= 4 is 44.0 Å². The fraction of sp³-hybridized carbons (Fsp3) is 0.280. The van der Waals surface area contributed by atoms with Gasteiger partial charge in [-0.15, -0.1) is 0 Å². The van der Waals surface area contributed by atoms with Crippen LogP contribution < -0.4 is 10.6 Å². The number of amides is 2. The van der Waals surface area contributed by atoms with Gasteiger partial charge in [-0.25, -0.2) is 8.42 Å². The Hall–Kier alpha value is -3.23. The third kappa shape index (κ3) is 3.89. The fourth-order valence-corrected chi connectivity index (χ4v) is 6.57. The Morgan fingerprint density at radius 3 is 2.39 bits per heavy atom. The van der Waals surface area contributed by atoms with E-state index in [1.54, 1.807) is 12.1 Å². The first-order valence-electron chi connectivity index (χ1n) is 11.1. The van der Waals surface area contributed by atoms with Gasteiger partial charge in [-0.2, -0.15) is 4.31 Å². The highest BCUT2D eigenvalue weighted by Gasteiger charge is 2.39. The standard InChI is InChI=1S/C25H25N3O4S/c1-16(29)26-19-10-12-20(13-11-19)33(31,32)28-15-3-6-23(28)25(30)27-22-14-9-18-8-7-17-4-2-5-21(22)24(17)18/h2,4-5,9-14,23H,3,6-8,15H2,1H3,(H,26,29)(H,27,30)/t23-/m0/s1. The molecule has 7 nitrogen and oxygen atoms in total. The van der Waals surface area contributed by atoms with Gasteiger partial charge in [0.05, 0.1) is 4.90 Å². The summed E-state index contributed by atoms with van der Waals surface area (Å²) < 4.78 is 27.9. The molecule has 3 aromatic carbocycles. The van der Waals surface area contributed by atoms with Crippen LogP contribution in [-0.2, 0) is 32.5 Å². The minimum Gasteiger partial charge on any atom is -0.326 e. The number of hydrogen-bond donors (Lipinski definition) is 2. The Morgan fingerprint density at radius 1 is 0.939 bits per heavy atom. The van der Waals surface area contributed by atoms with E-state index in [1.807, 2.05) is 24.3 Å². The topological polar surface area (TPSA) is 95.6 Å². The third-order valence-corrected chi connectivity index (χ3v) is 8.34. The molecule has 1 heterocycles. The van der Waals surface area contributed by atoms with Crippen LogP contribution in [0.3, 0.4) is 0 Å². The zero-order valence-electron chi connectivity index (χ0n) is 18.3. The summed E-state index contributed by atoms with van der Waals surface area (Å²) in [6, 6.07) is 15.3. The fourth-order valence-electron chi connectivity index (χ4n) is 4.91.